The Morgan fingerprint density at radius 1 is 1.18 bits per heavy atom. The second-order valence-electron chi connectivity index (χ2n) is 9.00. The van der Waals surface area contributed by atoms with Gasteiger partial charge in [0.05, 0.1) is 15.5 Å². The third-order valence-corrected chi connectivity index (χ3v) is 6.48. The van der Waals surface area contributed by atoms with E-state index in [1.807, 2.05) is 13.8 Å². The summed E-state index contributed by atoms with van der Waals surface area (Å²) in [5.41, 5.74) is 1.81. The first-order valence-corrected chi connectivity index (χ1v) is 11.1. The van der Waals surface area contributed by atoms with Crippen molar-refractivity contribution in [2.24, 2.45) is 5.41 Å². The predicted octanol–water partition coefficient (Wildman–Crippen LogP) is 5.82. The fourth-order valence-electron chi connectivity index (χ4n) is 4.57. The number of hydrogen-bond acceptors (Lipinski definition) is 6. The number of Topliss-reactive ketones (excluding diaryl/α,β-unsaturated/α-hetero) is 1. The van der Waals surface area contributed by atoms with Crippen LogP contribution in [0, 0.1) is 15.5 Å². The van der Waals surface area contributed by atoms with E-state index in [1.54, 1.807) is 36.4 Å². The lowest BCUT2D eigenvalue weighted by molar-refractivity contribution is -0.385. The first kappa shape index (κ1) is 21.6. The predicted molar refractivity (Wildman–Crippen MR) is 125 cm³/mol. The van der Waals surface area contributed by atoms with Crippen LogP contribution in [-0.4, -0.2) is 25.5 Å². The van der Waals surface area contributed by atoms with Crippen molar-refractivity contribution in [2.45, 2.75) is 32.7 Å². The molecule has 2 aliphatic rings. The summed E-state index contributed by atoms with van der Waals surface area (Å²) in [5.74, 6) is 0.654. The maximum Gasteiger partial charge on any atom is 0.275 e. The number of aromatic nitrogens is 3. The number of nitrogens with one attached hydrogen (secondary N) is 1. The summed E-state index contributed by atoms with van der Waals surface area (Å²) in [5, 5.41) is 20.6. The van der Waals surface area contributed by atoms with Crippen molar-refractivity contribution in [3.63, 3.8) is 0 Å². The molecule has 33 heavy (non-hydrogen) atoms. The van der Waals surface area contributed by atoms with Crippen LogP contribution in [0.3, 0.4) is 0 Å². The van der Waals surface area contributed by atoms with Gasteiger partial charge in [-0.15, -0.1) is 5.10 Å². The van der Waals surface area contributed by atoms with Gasteiger partial charge >= 0.3 is 0 Å². The molecule has 0 bridgehead atoms. The van der Waals surface area contributed by atoms with Crippen molar-refractivity contribution in [1.82, 2.24) is 14.8 Å². The van der Waals surface area contributed by atoms with E-state index >= 15 is 0 Å². The molecule has 5 rings (SSSR count). The molecule has 0 saturated heterocycles. The summed E-state index contributed by atoms with van der Waals surface area (Å²) in [7, 11) is 0. The molecule has 1 atom stereocenters. The number of allylic oxidation sites excluding steroid dienone is 2. The Labute approximate surface area is 199 Å². The number of fused-ring (bicyclic) bond motifs is 1. The molecule has 0 saturated carbocycles. The minimum absolute atomic E-state index is 0.0656. The maximum atomic E-state index is 13.3. The van der Waals surface area contributed by atoms with Gasteiger partial charge in [0.15, 0.2) is 11.6 Å². The number of para-hydroxylation sites is 1. The number of nitrogens with zero attached hydrogens (tertiary/aromatic N) is 4. The highest BCUT2D eigenvalue weighted by atomic mass is 35.5. The molecule has 10 heteroatoms. The number of carbonyl (C=O) groups excluding carboxylic acids is 1. The smallest absolute Gasteiger partial charge is 0.275 e. The van der Waals surface area contributed by atoms with Gasteiger partial charge in [0.25, 0.3) is 5.69 Å². The van der Waals surface area contributed by atoms with Crippen molar-refractivity contribution in [2.75, 3.05) is 5.32 Å². The largest absolute Gasteiger partial charge is 0.328 e. The number of ketones is 1. The molecule has 168 valence electrons. The van der Waals surface area contributed by atoms with Crippen LogP contribution in [0.4, 0.5) is 11.6 Å². The van der Waals surface area contributed by atoms with Crippen molar-refractivity contribution < 1.29 is 9.72 Å². The average Bonchev–Trinajstić information content (AvgIpc) is 3.14. The third-order valence-electron chi connectivity index (χ3n) is 5.93. The third kappa shape index (κ3) is 3.69. The minimum Gasteiger partial charge on any atom is -0.328 e. The lowest BCUT2D eigenvalue weighted by Crippen LogP contribution is -2.36. The maximum absolute atomic E-state index is 13.3. The summed E-state index contributed by atoms with van der Waals surface area (Å²) < 4.78 is 1.54. The van der Waals surface area contributed by atoms with E-state index in [4.69, 9.17) is 23.2 Å². The van der Waals surface area contributed by atoms with Crippen molar-refractivity contribution >= 4 is 40.6 Å². The summed E-state index contributed by atoms with van der Waals surface area (Å²) >= 11 is 12.4. The normalized spacial score (nSPS) is 19.0. The highest BCUT2D eigenvalue weighted by molar-refractivity contribution is 6.36. The second kappa shape index (κ2) is 7.67. The van der Waals surface area contributed by atoms with Crippen molar-refractivity contribution in [1.29, 1.82) is 0 Å². The van der Waals surface area contributed by atoms with Gasteiger partial charge in [0, 0.05) is 34.3 Å². The lowest BCUT2D eigenvalue weighted by atomic mass is 9.73. The average molecular weight is 484 g/mol. The summed E-state index contributed by atoms with van der Waals surface area (Å²) in [6, 6.07) is 10.6. The zero-order valence-corrected chi connectivity index (χ0v) is 19.3. The number of halogens is 2. The lowest BCUT2D eigenvalue weighted by Gasteiger charge is -2.38. The molecular formula is C23H19Cl2N5O3. The van der Waals surface area contributed by atoms with Gasteiger partial charge in [-0.3, -0.25) is 14.9 Å². The number of carbonyl (C=O) groups is 1. The molecule has 0 unspecified atom stereocenters. The van der Waals surface area contributed by atoms with Gasteiger partial charge in [-0.25, -0.2) is 4.68 Å². The zero-order chi connectivity index (χ0) is 23.5. The summed E-state index contributed by atoms with van der Waals surface area (Å²) in [4.78, 5) is 29.3. The highest BCUT2D eigenvalue weighted by Crippen LogP contribution is 2.47. The first-order valence-electron chi connectivity index (χ1n) is 10.3. The zero-order valence-electron chi connectivity index (χ0n) is 17.8. The summed E-state index contributed by atoms with van der Waals surface area (Å²) in [6.45, 7) is 4.04. The standard InChI is InChI=1S/C23H19Cl2N5O3/c1-23(2)10-16-19(18(31)11-23)20(14-5-3-4-6-17(14)30(32)33)29-22(26-16)27-21(28-29)13-8-7-12(24)9-15(13)25/h3-9,20H,10-11H2,1-2H3,(H,26,27,28)/t20-/m0/s1. The van der Waals surface area contributed by atoms with Crippen LogP contribution in [0.1, 0.15) is 38.3 Å². The van der Waals surface area contributed by atoms with Crippen LogP contribution >= 0.6 is 23.2 Å². The molecule has 0 fully saturated rings. The van der Waals surface area contributed by atoms with Crippen LogP contribution in [0.15, 0.2) is 53.7 Å². The summed E-state index contributed by atoms with van der Waals surface area (Å²) in [6.07, 6.45) is 0.944. The Hall–Kier alpha value is -3.23. The Morgan fingerprint density at radius 3 is 2.67 bits per heavy atom. The monoisotopic (exact) mass is 483 g/mol. The molecule has 8 nitrogen and oxygen atoms in total. The molecule has 0 amide bonds. The molecule has 2 aromatic carbocycles. The second-order valence-corrected chi connectivity index (χ2v) is 9.85. The molecule has 0 radical (unpaired) electrons. The molecular weight excluding hydrogens is 465 g/mol. The Balaban J connectivity index is 1.74. The van der Waals surface area contributed by atoms with E-state index in [-0.39, 0.29) is 16.9 Å². The van der Waals surface area contributed by atoms with Gasteiger partial charge in [-0.1, -0.05) is 49.2 Å². The van der Waals surface area contributed by atoms with Crippen LogP contribution in [0.25, 0.3) is 11.4 Å². The van der Waals surface area contributed by atoms with Gasteiger partial charge in [0.2, 0.25) is 5.95 Å². The van der Waals surface area contributed by atoms with Crippen LogP contribution in [-0.2, 0) is 4.79 Å². The number of hydrogen-bond donors (Lipinski definition) is 1. The van der Waals surface area contributed by atoms with E-state index in [1.165, 1.54) is 10.7 Å². The Bertz CT molecular complexity index is 1360. The van der Waals surface area contributed by atoms with Crippen molar-refractivity contribution in [3.05, 3.63) is 79.5 Å². The minimum atomic E-state index is -0.784. The van der Waals surface area contributed by atoms with Gasteiger partial charge in [-0.2, -0.15) is 4.98 Å². The molecule has 1 aromatic heterocycles. The van der Waals surface area contributed by atoms with Gasteiger partial charge in [0.1, 0.15) is 6.04 Å². The molecule has 1 aliphatic carbocycles. The molecule has 0 spiro atoms. The number of rotatable bonds is 3. The quantitative estimate of drug-likeness (QED) is 0.371. The van der Waals surface area contributed by atoms with E-state index < -0.39 is 11.0 Å². The van der Waals surface area contributed by atoms with E-state index in [0.717, 1.165) is 0 Å². The molecule has 1 N–H and O–H groups in total. The Kier molecular flexibility index (Phi) is 5.02. The number of anilines is 1. The highest BCUT2D eigenvalue weighted by Gasteiger charge is 2.43. The molecule has 2 heterocycles. The number of nitro groups is 1. The van der Waals surface area contributed by atoms with Crippen LogP contribution < -0.4 is 5.32 Å². The molecule has 1 aliphatic heterocycles. The SMILES string of the molecule is CC1(C)CC(=O)C2=C(C1)Nc1nc(-c3ccc(Cl)cc3Cl)nn1[C@H]2c1ccccc1[N+](=O)[O-]. The van der Waals surface area contributed by atoms with E-state index in [9.17, 15) is 14.9 Å². The van der Waals surface area contributed by atoms with Crippen LogP contribution in [0.2, 0.25) is 10.0 Å². The van der Waals surface area contributed by atoms with Crippen molar-refractivity contribution in [3.8, 4) is 11.4 Å². The van der Waals surface area contributed by atoms with E-state index in [0.29, 0.717) is 57.1 Å². The Morgan fingerprint density at radius 2 is 1.94 bits per heavy atom. The fourth-order valence-corrected chi connectivity index (χ4v) is 5.06. The molecule has 3 aromatic rings. The number of nitro benzene ring substituents is 1. The van der Waals surface area contributed by atoms with Crippen LogP contribution in [0.5, 0.6) is 0 Å². The number of benzene rings is 2. The first-order chi connectivity index (χ1) is 15.6. The van der Waals surface area contributed by atoms with E-state index in [2.05, 4.69) is 15.4 Å². The van der Waals surface area contributed by atoms with Gasteiger partial charge < -0.3 is 5.32 Å². The topological polar surface area (TPSA) is 103 Å². The van der Waals surface area contributed by atoms with Gasteiger partial charge in [-0.05, 0) is 36.1 Å². The fraction of sp³-hybridized carbons (Fsp3) is 0.261.